The predicted octanol–water partition coefficient (Wildman–Crippen LogP) is 6.61. The lowest BCUT2D eigenvalue weighted by molar-refractivity contribution is -0.119. The molecule has 1 saturated heterocycles. The van der Waals surface area contributed by atoms with E-state index < -0.39 is 5.25 Å². The summed E-state index contributed by atoms with van der Waals surface area (Å²) < 4.78 is 18.3. The second-order valence-corrected chi connectivity index (χ2v) is 10.2. The zero-order chi connectivity index (χ0) is 24.5. The Kier molecular flexibility index (Phi) is 9.35. The molecule has 0 bridgehead atoms. The van der Waals surface area contributed by atoms with Crippen molar-refractivity contribution in [3.63, 3.8) is 0 Å². The molecule has 0 unspecified atom stereocenters. The molecule has 6 nitrogen and oxygen atoms in total. The zero-order valence-corrected chi connectivity index (χ0v) is 21.2. The first-order valence-electron chi connectivity index (χ1n) is 12.8. The first kappa shape index (κ1) is 25.4. The molecular weight excluding hydrogens is 462 g/mol. The number of carbonyl (C=O) groups is 2. The minimum absolute atomic E-state index is 0.279. The van der Waals surface area contributed by atoms with E-state index in [1.165, 1.54) is 31.2 Å². The van der Waals surface area contributed by atoms with Crippen LogP contribution in [0.2, 0.25) is 0 Å². The molecule has 2 aromatic carbocycles. The van der Waals surface area contributed by atoms with Gasteiger partial charge in [-0.25, -0.2) is 0 Å². The third-order valence-electron chi connectivity index (χ3n) is 6.32. The van der Waals surface area contributed by atoms with Crippen LogP contribution in [0.15, 0.2) is 42.5 Å². The number of imide groups is 1. The summed E-state index contributed by atoms with van der Waals surface area (Å²) in [6.07, 6.45) is 10.5. The number of rotatable bonds is 11. The summed E-state index contributed by atoms with van der Waals surface area (Å²) in [7, 11) is 0. The lowest BCUT2D eigenvalue weighted by Gasteiger charge is -2.19. The van der Waals surface area contributed by atoms with Gasteiger partial charge in [-0.05, 0) is 85.3 Å². The molecule has 1 atom stereocenters. The van der Waals surface area contributed by atoms with Gasteiger partial charge in [0.25, 0.3) is 5.24 Å². The van der Waals surface area contributed by atoms with Crippen molar-refractivity contribution in [1.29, 1.82) is 0 Å². The molecule has 2 aromatic rings. The zero-order valence-electron chi connectivity index (χ0n) is 20.4. The summed E-state index contributed by atoms with van der Waals surface area (Å²) in [5.74, 6) is 2.27. The Bertz CT molecular complexity index is 1000. The third kappa shape index (κ3) is 7.40. The van der Waals surface area contributed by atoms with Gasteiger partial charge in [0.15, 0.2) is 0 Å². The van der Waals surface area contributed by atoms with E-state index in [2.05, 4.69) is 18.3 Å². The van der Waals surface area contributed by atoms with Crippen molar-refractivity contribution in [3.05, 3.63) is 53.6 Å². The molecule has 1 saturated carbocycles. The van der Waals surface area contributed by atoms with Crippen LogP contribution in [-0.4, -0.2) is 30.5 Å². The van der Waals surface area contributed by atoms with Gasteiger partial charge in [-0.2, -0.15) is 0 Å². The van der Waals surface area contributed by atoms with Crippen LogP contribution in [0, 0.1) is 0 Å². The maximum Gasteiger partial charge on any atom is 0.286 e. The van der Waals surface area contributed by atoms with Gasteiger partial charge >= 0.3 is 0 Å². The Labute approximate surface area is 212 Å². The van der Waals surface area contributed by atoms with Crippen LogP contribution in [0.5, 0.6) is 17.2 Å². The molecule has 2 amide bonds. The summed E-state index contributed by atoms with van der Waals surface area (Å²) in [6, 6.07) is 13.6. The molecule has 1 aliphatic heterocycles. The largest absolute Gasteiger partial charge is 0.493 e. The van der Waals surface area contributed by atoms with E-state index in [4.69, 9.17) is 14.2 Å². The quantitative estimate of drug-likeness (QED) is 0.278. The summed E-state index contributed by atoms with van der Waals surface area (Å²) in [5.41, 5.74) is 1.96. The van der Waals surface area contributed by atoms with E-state index in [0.717, 1.165) is 60.9 Å². The molecule has 0 radical (unpaired) electrons. The average molecular weight is 498 g/mol. The Morgan fingerprint density at radius 2 is 1.74 bits per heavy atom. The van der Waals surface area contributed by atoms with E-state index in [1.807, 2.05) is 36.4 Å². The van der Waals surface area contributed by atoms with Crippen molar-refractivity contribution >= 4 is 22.9 Å². The summed E-state index contributed by atoms with van der Waals surface area (Å²) in [6.45, 7) is 3.22. The summed E-state index contributed by atoms with van der Waals surface area (Å²) >= 11 is 0.998. The second kappa shape index (κ2) is 12.9. The number of hydrogen-bond acceptors (Lipinski definition) is 6. The third-order valence-corrected chi connectivity index (χ3v) is 7.36. The average Bonchev–Trinajstić information content (AvgIpc) is 3.02. The van der Waals surface area contributed by atoms with Crippen LogP contribution in [-0.2, 0) is 11.2 Å². The topological polar surface area (TPSA) is 73.9 Å². The molecular formula is C28H35NO5S. The second-order valence-electron chi connectivity index (χ2n) is 9.15. The van der Waals surface area contributed by atoms with Crippen LogP contribution in [0.1, 0.15) is 74.7 Å². The highest BCUT2D eigenvalue weighted by molar-refractivity contribution is 8.15. The summed E-state index contributed by atoms with van der Waals surface area (Å²) in [5, 5.41) is 1.50. The number of hydrogen-bond donors (Lipinski definition) is 1. The van der Waals surface area contributed by atoms with E-state index in [-0.39, 0.29) is 11.1 Å². The molecule has 0 aromatic heterocycles. The van der Waals surface area contributed by atoms with Crippen LogP contribution in [0.3, 0.4) is 0 Å². The van der Waals surface area contributed by atoms with Gasteiger partial charge in [0.05, 0.1) is 19.3 Å². The number of thioether (sulfide) groups is 1. The minimum atomic E-state index is -0.513. The highest BCUT2D eigenvalue weighted by Gasteiger charge is 2.33. The predicted molar refractivity (Wildman–Crippen MR) is 138 cm³/mol. The van der Waals surface area contributed by atoms with Crippen LogP contribution < -0.4 is 19.5 Å². The van der Waals surface area contributed by atoms with Gasteiger partial charge in [0.2, 0.25) is 5.91 Å². The minimum Gasteiger partial charge on any atom is -0.493 e. The fourth-order valence-corrected chi connectivity index (χ4v) is 5.38. The standard InChI is InChI=1S/C28H35NO5S/c1-2-9-20-18-24(34-22-11-5-3-4-6-12-22)14-15-25(20)33-17-8-16-32-23-13-7-10-21(19-23)26-27(30)29-28(31)35-26/h7,10,13-15,18-19,22,26H,2-6,8-9,11-12,16-17H2,1H3,(H,29,30,31)/t26-/m1/s1. The fraction of sp³-hybridized carbons (Fsp3) is 0.500. The lowest BCUT2D eigenvalue weighted by Crippen LogP contribution is -2.20. The van der Waals surface area contributed by atoms with E-state index >= 15 is 0 Å². The molecule has 35 heavy (non-hydrogen) atoms. The van der Waals surface area contributed by atoms with E-state index in [9.17, 15) is 9.59 Å². The molecule has 1 aliphatic carbocycles. The van der Waals surface area contributed by atoms with Gasteiger partial charge in [-0.15, -0.1) is 0 Å². The number of benzene rings is 2. The maximum atomic E-state index is 11.9. The van der Waals surface area contributed by atoms with Crippen molar-refractivity contribution in [1.82, 2.24) is 5.32 Å². The van der Waals surface area contributed by atoms with Crippen molar-refractivity contribution in [2.45, 2.75) is 76.1 Å². The first-order chi connectivity index (χ1) is 17.1. The summed E-state index contributed by atoms with van der Waals surface area (Å²) in [4.78, 5) is 23.4. The Balaban J connectivity index is 1.25. The van der Waals surface area contributed by atoms with Crippen molar-refractivity contribution in [2.75, 3.05) is 13.2 Å². The van der Waals surface area contributed by atoms with Gasteiger partial charge in [0.1, 0.15) is 22.5 Å². The number of nitrogens with one attached hydrogen (secondary N) is 1. The smallest absolute Gasteiger partial charge is 0.286 e. The Hall–Kier alpha value is -2.67. The Morgan fingerprint density at radius 1 is 0.943 bits per heavy atom. The van der Waals surface area contributed by atoms with Gasteiger partial charge in [-0.3, -0.25) is 14.9 Å². The molecule has 0 spiro atoms. The first-order valence-corrected chi connectivity index (χ1v) is 13.7. The van der Waals surface area contributed by atoms with Crippen molar-refractivity contribution in [3.8, 4) is 17.2 Å². The van der Waals surface area contributed by atoms with Crippen molar-refractivity contribution in [2.24, 2.45) is 0 Å². The van der Waals surface area contributed by atoms with Crippen molar-refractivity contribution < 1.29 is 23.8 Å². The SMILES string of the molecule is CCCc1cc(OC2CCCCCC2)ccc1OCCCOc1cccc([C@H]2SC(=O)NC2=O)c1. The van der Waals surface area contributed by atoms with Gasteiger partial charge < -0.3 is 14.2 Å². The number of aryl methyl sites for hydroxylation is 1. The molecule has 2 fully saturated rings. The van der Waals surface area contributed by atoms with E-state index in [1.54, 1.807) is 0 Å². The normalized spacial score (nSPS) is 18.7. The lowest BCUT2D eigenvalue weighted by atomic mass is 10.1. The fourth-order valence-electron chi connectivity index (χ4n) is 4.56. The Morgan fingerprint density at radius 3 is 2.49 bits per heavy atom. The number of carbonyl (C=O) groups excluding carboxylic acids is 2. The highest BCUT2D eigenvalue weighted by atomic mass is 32.2. The van der Waals surface area contributed by atoms with Crippen LogP contribution >= 0.6 is 11.8 Å². The van der Waals surface area contributed by atoms with Crippen LogP contribution in [0.4, 0.5) is 4.79 Å². The molecule has 2 aliphatic rings. The molecule has 7 heteroatoms. The van der Waals surface area contributed by atoms with Gasteiger partial charge in [0, 0.05) is 6.42 Å². The van der Waals surface area contributed by atoms with E-state index in [0.29, 0.717) is 25.1 Å². The van der Waals surface area contributed by atoms with Crippen LogP contribution in [0.25, 0.3) is 0 Å². The number of ether oxygens (including phenoxy) is 3. The highest BCUT2D eigenvalue weighted by Crippen LogP contribution is 2.35. The molecule has 4 rings (SSSR count). The maximum absolute atomic E-state index is 11.9. The molecule has 1 N–H and O–H groups in total. The monoisotopic (exact) mass is 497 g/mol. The molecule has 188 valence electrons. The van der Waals surface area contributed by atoms with Gasteiger partial charge in [-0.1, -0.05) is 38.3 Å². The number of amides is 2. The molecule has 1 heterocycles.